The molecular weight excluding hydrogens is 435 g/mol. The van der Waals surface area contributed by atoms with Crippen molar-refractivity contribution in [1.29, 1.82) is 0 Å². The van der Waals surface area contributed by atoms with E-state index in [9.17, 15) is 18.0 Å². The van der Waals surface area contributed by atoms with Gasteiger partial charge in [-0.15, -0.1) is 0 Å². The van der Waals surface area contributed by atoms with Gasteiger partial charge in [0.15, 0.2) is 5.69 Å². The minimum atomic E-state index is -4.58. The van der Waals surface area contributed by atoms with Crippen LogP contribution in [-0.4, -0.2) is 22.8 Å². The third-order valence-corrected chi connectivity index (χ3v) is 5.58. The van der Waals surface area contributed by atoms with Gasteiger partial charge in [0.05, 0.1) is 30.4 Å². The Labute approximate surface area is 186 Å². The Hall–Kier alpha value is -4.01. The summed E-state index contributed by atoms with van der Waals surface area (Å²) in [6, 6.07) is 14.9. The lowest BCUT2D eigenvalue weighted by Gasteiger charge is -2.15. The van der Waals surface area contributed by atoms with Crippen molar-refractivity contribution in [3.8, 4) is 22.7 Å². The molecule has 0 saturated carbocycles. The molecule has 2 aromatic carbocycles. The molecule has 0 unspecified atom stereocenters. The zero-order valence-electron chi connectivity index (χ0n) is 17.4. The van der Waals surface area contributed by atoms with Gasteiger partial charge in [-0.25, -0.2) is 4.68 Å². The number of carbonyl (C=O) groups is 1. The first-order valence-corrected chi connectivity index (χ1v) is 10.2. The number of rotatable bonds is 4. The van der Waals surface area contributed by atoms with Crippen LogP contribution >= 0.6 is 0 Å². The van der Waals surface area contributed by atoms with E-state index in [2.05, 4.69) is 10.4 Å². The lowest BCUT2D eigenvalue weighted by molar-refractivity contribution is -0.142. The number of hydrogen-bond donors (Lipinski definition) is 1. The van der Waals surface area contributed by atoms with Crippen molar-refractivity contribution in [2.75, 3.05) is 12.4 Å². The number of furan rings is 1. The molecule has 1 amide bonds. The van der Waals surface area contributed by atoms with Crippen molar-refractivity contribution in [2.45, 2.75) is 19.0 Å². The second-order valence-electron chi connectivity index (χ2n) is 7.54. The van der Waals surface area contributed by atoms with Crippen LogP contribution in [0.25, 0.3) is 16.9 Å². The monoisotopic (exact) mass is 453 g/mol. The van der Waals surface area contributed by atoms with Crippen LogP contribution in [0.15, 0.2) is 65.3 Å². The highest BCUT2D eigenvalue weighted by atomic mass is 19.4. The topological polar surface area (TPSA) is 69.3 Å². The van der Waals surface area contributed by atoms with E-state index in [1.54, 1.807) is 54.6 Å². The summed E-state index contributed by atoms with van der Waals surface area (Å²) >= 11 is 0. The van der Waals surface area contributed by atoms with Crippen molar-refractivity contribution in [2.24, 2.45) is 0 Å². The number of benzene rings is 2. The predicted molar refractivity (Wildman–Crippen MR) is 115 cm³/mol. The summed E-state index contributed by atoms with van der Waals surface area (Å²) in [4.78, 5) is 12.7. The summed E-state index contributed by atoms with van der Waals surface area (Å²) in [6.07, 6.45) is -2.54. The molecule has 0 bridgehead atoms. The molecule has 0 saturated heterocycles. The molecule has 168 valence electrons. The number of halogens is 3. The number of para-hydroxylation sites is 2. The normalized spacial score (nSPS) is 12.7. The summed E-state index contributed by atoms with van der Waals surface area (Å²) in [7, 11) is 1.51. The zero-order chi connectivity index (χ0) is 23.2. The number of nitrogens with zero attached hydrogens (tertiary/aromatic N) is 2. The van der Waals surface area contributed by atoms with E-state index in [1.807, 2.05) is 0 Å². The quantitative estimate of drug-likeness (QED) is 0.442. The van der Waals surface area contributed by atoms with Crippen LogP contribution in [0.1, 0.15) is 27.4 Å². The lowest BCUT2D eigenvalue weighted by Crippen LogP contribution is -2.13. The average Bonchev–Trinajstić information content (AvgIpc) is 3.44. The Morgan fingerprint density at radius 2 is 1.85 bits per heavy atom. The van der Waals surface area contributed by atoms with Gasteiger partial charge in [-0.1, -0.05) is 12.1 Å². The molecule has 5 rings (SSSR count). The maximum absolute atomic E-state index is 13.7. The number of methoxy groups -OCH3 is 1. The summed E-state index contributed by atoms with van der Waals surface area (Å²) in [5.41, 5.74) is 1.46. The van der Waals surface area contributed by atoms with Gasteiger partial charge >= 0.3 is 6.18 Å². The second-order valence-corrected chi connectivity index (χ2v) is 7.54. The fourth-order valence-corrected chi connectivity index (χ4v) is 4.06. The van der Waals surface area contributed by atoms with Crippen LogP contribution in [0.5, 0.6) is 5.75 Å². The van der Waals surface area contributed by atoms with E-state index < -0.39 is 11.9 Å². The van der Waals surface area contributed by atoms with Gasteiger partial charge < -0.3 is 14.5 Å². The molecule has 1 N–H and O–H groups in total. The van der Waals surface area contributed by atoms with Crippen LogP contribution in [0.3, 0.4) is 0 Å². The molecule has 2 aromatic heterocycles. The Balaban J connectivity index is 1.50. The summed E-state index contributed by atoms with van der Waals surface area (Å²) < 4.78 is 53.0. The number of fused-ring (bicyclic) bond motifs is 3. The zero-order valence-corrected chi connectivity index (χ0v) is 17.4. The molecule has 1 aliphatic carbocycles. The van der Waals surface area contributed by atoms with Crippen LogP contribution in [0.2, 0.25) is 0 Å². The van der Waals surface area contributed by atoms with Gasteiger partial charge in [0.1, 0.15) is 11.5 Å². The number of aromatic nitrogens is 2. The fraction of sp³-hybridized carbons (Fsp3) is 0.167. The number of hydrogen-bond acceptors (Lipinski definition) is 4. The van der Waals surface area contributed by atoms with Gasteiger partial charge in [-0.2, -0.15) is 18.3 Å². The number of alkyl halides is 3. The first-order valence-electron chi connectivity index (χ1n) is 10.2. The van der Waals surface area contributed by atoms with Gasteiger partial charge in [0.25, 0.3) is 5.91 Å². The first kappa shape index (κ1) is 20.9. The smallest absolute Gasteiger partial charge is 0.435 e. The molecule has 4 aromatic rings. The summed E-state index contributed by atoms with van der Waals surface area (Å²) in [5.74, 6) is 0.771. The van der Waals surface area contributed by atoms with E-state index in [0.29, 0.717) is 46.1 Å². The molecule has 0 radical (unpaired) electrons. The SMILES string of the molecule is COc1ccccc1NC(=O)c1ccc(-n2nc(C(F)(F)F)c3c2-c2ccoc2CC3)cc1. The van der Waals surface area contributed by atoms with Crippen molar-refractivity contribution in [1.82, 2.24) is 9.78 Å². The number of carbonyl (C=O) groups excluding carboxylic acids is 1. The van der Waals surface area contributed by atoms with Crippen molar-refractivity contribution in [3.05, 3.63) is 83.4 Å². The number of nitrogens with one attached hydrogen (secondary N) is 1. The third kappa shape index (κ3) is 3.65. The largest absolute Gasteiger partial charge is 0.495 e. The van der Waals surface area contributed by atoms with Crippen LogP contribution in [0, 0.1) is 0 Å². The molecule has 0 fully saturated rings. The van der Waals surface area contributed by atoms with Crippen LogP contribution in [-0.2, 0) is 19.0 Å². The molecule has 9 heteroatoms. The maximum Gasteiger partial charge on any atom is 0.435 e. The van der Waals surface area contributed by atoms with E-state index in [4.69, 9.17) is 9.15 Å². The molecule has 6 nitrogen and oxygen atoms in total. The predicted octanol–water partition coefficient (Wildman–Crippen LogP) is 5.51. The number of anilines is 1. The van der Waals surface area contributed by atoms with Crippen molar-refractivity contribution >= 4 is 11.6 Å². The highest BCUT2D eigenvalue weighted by Gasteiger charge is 2.41. The van der Waals surface area contributed by atoms with E-state index >= 15 is 0 Å². The highest BCUT2D eigenvalue weighted by molar-refractivity contribution is 6.05. The van der Waals surface area contributed by atoms with Crippen molar-refractivity contribution in [3.63, 3.8) is 0 Å². The number of ether oxygens (including phenoxy) is 1. The maximum atomic E-state index is 13.7. The van der Waals surface area contributed by atoms with Gasteiger partial charge in [-0.05, 0) is 48.9 Å². The fourth-order valence-electron chi connectivity index (χ4n) is 4.06. The minimum Gasteiger partial charge on any atom is -0.495 e. The van der Waals surface area contributed by atoms with E-state index in [0.717, 1.165) is 0 Å². The van der Waals surface area contributed by atoms with E-state index in [1.165, 1.54) is 18.1 Å². The van der Waals surface area contributed by atoms with Gasteiger partial charge in [0, 0.05) is 23.1 Å². The molecular formula is C24H18F3N3O3. The minimum absolute atomic E-state index is 0.148. The third-order valence-electron chi connectivity index (χ3n) is 5.58. The standard InChI is InChI=1S/C24H18F3N3O3/c1-32-20-5-3-2-4-18(20)28-23(31)14-6-8-15(9-7-14)30-21-16-12-13-33-19(16)11-10-17(21)22(29-30)24(25,26)27/h2-9,12-13H,10-11H2,1H3,(H,28,31). The van der Waals surface area contributed by atoms with E-state index in [-0.39, 0.29) is 17.9 Å². The number of aryl methyl sites for hydroxylation is 1. The van der Waals surface area contributed by atoms with Gasteiger partial charge in [0.2, 0.25) is 0 Å². The first-order chi connectivity index (χ1) is 15.9. The molecule has 1 aliphatic rings. The average molecular weight is 453 g/mol. The molecule has 0 aliphatic heterocycles. The van der Waals surface area contributed by atoms with Crippen molar-refractivity contribution < 1.29 is 27.1 Å². The molecule has 0 spiro atoms. The molecule has 33 heavy (non-hydrogen) atoms. The van der Waals surface area contributed by atoms with Crippen LogP contribution in [0.4, 0.5) is 18.9 Å². The molecule has 0 atom stereocenters. The Morgan fingerprint density at radius 1 is 1.09 bits per heavy atom. The molecule has 2 heterocycles. The summed E-state index contributed by atoms with van der Waals surface area (Å²) in [6.45, 7) is 0. The summed E-state index contributed by atoms with van der Waals surface area (Å²) in [5, 5.41) is 6.68. The Bertz CT molecular complexity index is 1340. The lowest BCUT2D eigenvalue weighted by atomic mass is 9.94. The van der Waals surface area contributed by atoms with Gasteiger partial charge in [-0.3, -0.25) is 4.79 Å². The highest BCUT2D eigenvalue weighted by Crippen LogP contribution is 2.42. The van der Waals surface area contributed by atoms with Crippen LogP contribution < -0.4 is 10.1 Å². The Morgan fingerprint density at radius 3 is 2.58 bits per heavy atom. The number of amides is 1. The Kier molecular flexibility index (Phi) is 4.96. The second kappa shape index (κ2) is 7.84.